The molecule has 2 unspecified atom stereocenters. The van der Waals surface area contributed by atoms with E-state index in [4.69, 9.17) is 4.74 Å². The zero-order valence-corrected chi connectivity index (χ0v) is 11.0. The third kappa shape index (κ3) is 3.18. The Balaban J connectivity index is 2.60. The second-order valence-corrected chi connectivity index (χ2v) is 4.66. The van der Waals surface area contributed by atoms with E-state index in [1.54, 1.807) is 14.2 Å². The minimum Gasteiger partial charge on any atom is -0.480 e. The number of hydrogen-bond donors (Lipinski definition) is 2. The first-order chi connectivity index (χ1) is 8.09. The molecule has 5 heteroatoms. The van der Waals surface area contributed by atoms with Gasteiger partial charge in [0.1, 0.15) is 5.54 Å². The lowest BCUT2D eigenvalue weighted by Crippen LogP contribution is -2.49. The average Bonchev–Trinajstić information content (AvgIpc) is 2.76. The summed E-state index contributed by atoms with van der Waals surface area (Å²) < 4.78 is 5.09. The van der Waals surface area contributed by atoms with Gasteiger partial charge in [0, 0.05) is 19.7 Å². The number of nitrogens with one attached hydrogen (secondary N) is 1. The standard InChI is InChI=1S/C12H24N2O3/c1-4-14(7-8-17-3)10-5-6-12(9-10,13-2)11(15)16/h10,13H,4-9H2,1-3H3,(H,15,16). The van der Waals surface area contributed by atoms with Gasteiger partial charge in [-0.1, -0.05) is 6.92 Å². The fourth-order valence-electron chi connectivity index (χ4n) is 2.67. The van der Waals surface area contributed by atoms with Crippen molar-refractivity contribution in [2.24, 2.45) is 0 Å². The number of rotatable bonds is 7. The molecular weight excluding hydrogens is 220 g/mol. The predicted octanol–water partition coefficient (Wildman–Crippen LogP) is 0.550. The molecule has 5 nitrogen and oxygen atoms in total. The van der Waals surface area contributed by atoms with Crippen LogP contribution in [0.15, 0.2) is 0 Å². The largest absolute Gasteiger partial charge is 0.480 e. The van der Waals surface area contributed by atoms with Gasteiger partial charge in [0.05, 0.1) is 6.61 Å². The van der Waals surface area contributed by atoms with Crippen molar-refractivity contribution in [1.82, 2.24) is 10.2 Å². The number of carbonyl (C=O) groups is 1. The zero-order chi connectivity index (χ0) is 12.9. The van der Waals surface area contributed by atoms with Gasteiger partial charge in [-0.05, 0) is 32.9 Å². The maximum absolute atomic E-state index is 11.3. The minimum atomic E-state index is -0.731. The molecule has 0 heterocycles. The van der Waals surface area contributed by atoms with Crippen LogP contribution in [0.25, 0.3) is 0 Å². The van der Waals surface area contributed by atoms with Crippen molar-refractivity contribution in [2.75, 3.05) is 33.9 Å². The summed E-state index contributed by atoms with van der Waals surface area (Å²) in [6.45, 7) is 4.62. The Morgan fingerprint density at radius 1 is 1.65 bits per heavy atom. The highest BCUT2D eigenvalue weighted by Gasteiger charge is 2.45. The molecule has 0 aliphatic heterocycles. The van der Waals surface area contributed by atoms with Crippen molar-refractivity contribution >= 4 is 5.97 Å². The van der Waals surface area contributed by atoms with E-state index in [9.17, 15) is 9.90 Å². The Morgan fingerprint density at radius 3 is 2.76 bits per heavy atom. The first-order valence-corrected chi connectivity index (χ1v) is 6.25. The summed E-state index contributed by atoms with van der Waals surface area (Å²) >= 11 is 0. The topological polar surface area (TPSA) is 61.8 Å². The Hall–Kier alpha value is -0.650. The summed E-state index contributed by atoms with van der Waals surface area (Å²) in [7, 11) is 3.43. The third-order valence-electron chi connectivity index (χ3n) is 3.88. The SMILES string of the molecule is CCN(CCOC)C1CCC(NC)(C(=O)O)C1. The van der Waals surface area contributed by atoms with Crippen LogP contribution in [0.3, 0.4) is 0 Å². The molecular formula is C12H24N2O3. The van der Waals surface area contributed by atoms with E-state index in [0.717, 1.165) is 19.5 Å². The van der Waals surface area contributed by atoms with Gasteiger partial charge in [0.25, 0.3) is 0 Å². The van der Waals surface area contributed by atoms with E-state index < -0.39 is 11.5 Å². The van der Waals surface area contributed by atoms with Crippen LogP contribution in [0.2, 0.25) is 0 Å². The summed E-state index contributed by atoms with van der Waals surface area (Å²) in [5, 5.41) is 12.3. The number of nitrogens with zero attached hydrogens (tertiary/aromatic N) is 1. The van der Waals surface area contributed by atoms with E-state index in [1.165, 1.54) is 0 Å². The normalized spacial score (nSPS) is 28.8. The molecule has 0 spiro atoms. The Labute approximate surface area is 103 Å². The fraction of sp³-hybridized carbons (Fsp3) is 0.917. The Bertz CT molecular complexity index is 260. The second kappa shape index (κ2) is 6.33. The molecule has 0 amide bonds. The minimum absolute atomic E-state index is 0.346. The molecule has 17 heavy (non-hydrogen) atoms. The summed E-state index contributed by atoms with van der Waals surface area (Å²) in [6, 6.07) is 0.346. The maximum atomic E-state index is 11.3. The van der Waals surface area contributed by atoms with Crippen molar-refractivity contribution in [1.29, 1.82) is 0 Å². The Kier molecular flexibility index (Phi) is 5.36. The predicted molar refractivity (Wildman–Crippen MR) is 66.2 cm³/mol. The molecule has 2 N–H and O–H groups in total. The van der Waals surface area contributed by atoms with Crippen molar-refractivity contribution in [3.63, 3.8) is 0 Å². The van der Waals surface area contributed by atoms with Crippen molar-refractivity contribution < 1.29 is 14.6 Å². The van der Waals surface area contributed by atoms with Crippen LogP contribution in [-0.4, -0.2) is 61.4 Å². The van der Waals surface area contributed by atoms with Gasteiger partial charge >= 0.3 is 5.97 Å². The van der Waals surface area contributed by atoms with Crippen molar-refractivity contribution in [2.45, 2.75) is 37.8 Å². The number of carboxylic acids is 1. The highest BCUT2D eigenvalue weighted by Crippen LogP contribution is 2.33. The summed E-state index contributed by atoms with van der Waals surface area (Å²) in [5.41, 5.74) is -0.731. The van der Waals surface area contributed by atoms with Crippen LogP contribution < -0.4 is 5.32 Å². The van der Waals surface area contributed by atoms with Gasteiger partial charge in [-0.3, -0.25) is 9.69 Å². The monoisotopic (exact) mass is 244 g/mol. The van der Waals surface area contributed by atoms with Gasteiger partial charge in [-0.2, -0.15) is 0 Å². The maximum Gasteiger partial charge on any atom is 0.323 e. The molecule has 0 bridgehead atoms. The molecule has 0 radical (unpaired) electrons. The average molecular weight is 244 g/mol. The van der Waals surface area contributed by atoms with Crippen LogP contribution in [0.4, 0.5) is 0 Å². The number of hydrogen-bond acceptors (Lipinski definition) is 4. The second-order valence-electron chi connectivity index (χ2n) is 4.66. The highest BCUT2D eigenvalue weighted by atomic mass is 16.5. The van der Waals surface area contributed by atoms with E-state index in [1.807, 2.05) is 0 Å². The highest BCUT2D eigenvalue weighted by molar-refractivity contribution is 5.79. The summed E-state index contributed by atoms with van der Waals surface area (Å²) in [5.74, 6) is -0.731. The van der Waals surface area contributed by atoms with Gasteiger partial charge in [0.2, 0.25) is 0 Å². The molecule has 0 aromatic heterocycles. The van der Waals surface area contributed by atoms with E-state index in [-0.39, 0.29) is 0 Å². The van der Waals surface area contributed by atoms with Gasteiger partial charge < -0.3 is 15.2 Å². The van der Waals surface area contributed by atoms with Gasteiger partial charge in [0.15, 0.2) is 0 Å². The lowest BCUT2D eigenvalue weighted by molar-refractivity contribution is -0.144. The summed E-state index contributed by atoms with van der Waals surface area (Å²) in [6.07, 6.45) is 2.31. The number of ether oxygens (including phenoxy) is 1. The van der Waals surface area contributed by atoms with Crippen LogP contribution >= 0.6 is 0 Å². The molecule has 1 saturated carbocycles. The molecule has 100 valence electrons. The van der Waals surface area contributed by atoms with E-state index in [2.05, 4.69) is 17.1 Å². The number of likely N-dealkylation sites (N-methyl/N-ethyl adjacent to an activating group) is 2. The number of carboxylic acid groups (broad SMARTS) is 1. The molecule has 2 atom stereocenters. The molecule has 0 saturated heterocycles. The molecule has 1 aliphatic rings. The van der Waals surface area contributed by atoms with Crippen LogP contribution in [-0.2, 0) is 9.53 Å². The molecule has 1 rings (SSSR count). The number of methoxy groups -OCH3 is 1. The van der Waals surface area contributed by atoms with Crippen molar-refractivity contribution in [3.05, 3.63) is 0 Å². The van der Waals surface area contributed by atoms with E-state index in [0.29, 0.717) is 25.5 Å². The first kappa shape index (κ1) is 14.4. The summed E-state index contributed by atoms with van der Waals surface area (Å²) in [4.78, 5) is 13.6. The lowest BCUT2D eigenvalue weighted by atomic mass is 9.98. The van der Waals surface area contributed by atoms with Crippen LogP contribution in [0, 0.1) is 0 Å². The fourth-order valence-corrected chi connectivity index (χ4v) is 2.67. The zero-order valence-electron chi connectivity index (χ0n) is 11.0. The van der Waals surface area contributed by atoms with Crippen LogP contribution in [0.1, 0.15) is 26.2 Å². The van der Waals surface area contributed by atoms with E-state index >= 15 is 0 Å². The molecule has 0 aromatic rings. The Morgan fingerprint density at radius 2 is 2.35 bits per heavy atom. The molecule has 1 fully saturated rings. The first-order valence-electron chi connectivity index (χ1n) is 6.25. The quantitative estimate of drug-likeness (QED) is 0.685. The smallest absolute Gasteiger partial charge is 0.323 e. The lowest BCUT2D eigenvalue weighted by Gasteiger charge is -2.29. The number of aliphatic carboxylic acids is 1. The van der Waals surface area contributed by atoms with Crippen LogP contribution in [0.5, 0.6) is 0 Å². The van der Waals surface area contributed by atoms with Gasteiger partial charge in [-0.15, -0.1) is 0 Å². The molecule has 1 aliphatic carbocycles. The van der Waals surface area contributed by atoms with Gasteiger partial charge in [-0.25, -0.2) is 0 Å². The molecule has 0 aromatic carbocycles. The van der Waals surface area contributed by atoms with Crippen molar-refractivity contribution in [3.8, 4) is 0 Å². The third-order valence-corrected chi connectivity index (χ3v) is 3.88.